The maximum atomic E-state index is 0. The molecule has 11 heteroatoms. The predicted molar refractivity (Wildman–Crippen MR) is 3.43 cm³/mol. The quantitative estimate of drug-likeness (QED) is 0.378. The summed E-state index contributed by atoms with van der Waals surface area (Å²) in [6.07, 6.45) is 0. The Morgan fingerprint density at radius 1 is 0.364 bits per heavy atom. The molecule has 0 aromatic carbocycles. The van der Waals surface area contributed by atoms with Crippen molar-refractivity contribution in [1.82, 2.24) is 0 Å². The fourth-order valence-corrected chi connectivity index (χ4v) is 0. The molecule has 2 radical (unpaired) electrons. The molecular formula is Co2Na2Ni2O5. The van der Waals surface area contributed by atoms with Crippen molar-refractivity contribution in [1.29, 1.82) is 0 Å². The molecule has 0 amide bonds. The third kappa shape index (κ3) is 133. The molecule has 0 aliphatic carbocycles. The number of hydrogen-bond donors (Lipinski definition) is 0. The van der Waals surface area contributed by atoms with Gasteiger partial charge in [0, 0.05) is 0 Å². The summed E-state index contributed by atoms with van der Waals surface area (Å²) >= 11 is 0. The average Bonchev–Trinajstić information content (AvgIpc) is 0. The van der Waals surface area contributed by atoms with Crippen molar-refractivity contribution >= 4 is 0 Å². The van der Waals surface area contributed by atoms with Crippen molar-refractivity contribution in [3.63, 3.8) is 0 Å². The smallest absolute Gasteiger partial charge is 2.00 e. The van der Waals surface area contributed by atoms with Crippen molar-refractivity contribution in [3.8, 4) is 0 Å². The Morgan fingerprint density at radius 3 is 0.364 bits per heavy atom. The van der Waals surface area contributed by atoms with Gasteiger partial charge >= 0.3 is 126 Å². The normalized spacial score (nSPS) is 0. The first-order valence-corrected chi connectivity index (χ1v) is 0. The van der Waals surface area contributed by atoms with Crippen LogP contribution in [0.5, 0.6) is 0 Å². The molecule has 0 aliphatic heterocycles. The molecule has 0 saturated heterocycles. The third-order valence-corrected chi connectivity index (χ3v) is 0. The molecule has 0 atom stereocenters. The van der Waals surface area contributed by atoms with Crippen molar-refractivity contribution in [2.24, 2.45) is 0 Å². The zero-order valence-corrected chi connectivity index (χ0v) is 13.4. The second kappa shape index (κ2) is 157. The molecule has 0 N–H and O–H groups in total. The van der Waals surface area contributed by atoms with E-state index in [0.717, 1.165) is 0 Å². The Hall–Kier alpha value is 3.80. The van der Waals surface area contributed by atoms with Crippen molar-refractivity contribution in [2.75, 3.05) is 0 Å². The van der Waals surface area contributed by atoms with Gasteiger partial charge in [-0.3, -0.25) is 0 Å². The summed E-state index contributed by atoms with van der Waals surface area (Å²) in [5, 5.41) is 0. The van der Waals surface area contributed by atoms with Gasteiger partial charge in [-0.15, -0.1) is 0 Å². The molecule has 0 spiro atoms. The Balaban J connectivity index is 0. The zero-order chi connectivity index (χ0) is 0. The van der Waals surface area contributed by atoms with Crippen LogP contribution in [-0.2, 0) is 93.9 Å². The molecule has 0 saturated carbocycles. The molecule has 0 rings (SSSR count). The van der Waals surface area contributed by atoms with Crippen LogP contribution in [0.4, 0.5) is 0 Å². The van der Waals surface area contributed by atoms with E-state index in [-0.39, 0.29) is 153 Å². The molecule has 70 valence electrons. The van der Waals surface area contributed by atoms with Gasteiger partial charge in [0.15, 0.2) is 0 Å². The van der Waals surface area contributed by atoms with Gasteiger partial charge in [0.1, 0.15) is 0 Å². The predicted octanol–water partition coefficient (Wildman–Crippen LogP) is -6.60. The van der Waals surface area contributed by atoms with E-state index in [0.29, 0.717) is 0 Å². The maximum Gasteiger partial charge on any atom is 2.00 e. The summed E-state index contributed by atoms with van der Waals surface area (Å²) in [6, 6.07) is 0. The molecule has 0 heterocycles. The Bertz CT molecular complexity index is 20.4. The Labute approximate surface area is 150 Å². The summed E-state index contributed by atoms with van der Waals surface area (Å²) in [5.41, 5.74) is 0. The molecule has 0 aromatic heterocycles. The van der Waals surface area contributed by atoms with E-state index >= 15 is 0 Å². The van der Waals surface area contributed by atoms with E-state index in [2.05, 4.69) is 0 Å². The van der Waals surface area contributed by atoms with Crippen molar-refractivity contribution < 1.29 is 153 Å². The molecular weight excluding hydrogens is 361 g/mol. The van der Waals surface area contributed by atoms with Crippen LogP contribution in [0, 0.1) is 0 Å². The van der Waals surface area contributed by atoms with Gasteiger partial charge < -0.3 is 27.4 Å². The van der Waals surface area contributed by atoms with E-state index in [9.17, 15) is 0 Å². The minimum Gasteiger partial charge on any atom is -2.00 e. The first-order valence-electron chi connectivity index (χ1n) is 0. The topological polar surface area (TPSA) is 142 Å². The fraction of sp³-hybridized carbons (Fsp3) is 0. The first kappa shape index (κ1) is 195. The summed E-state index contributed by atoms with van der Waals surface area (Å²) in [4.78, 5) is 0. The van der Waals surface area contributed by atoms with Crippen LogP contribution in [0.25, 0.3) is 0 Å². The molecule has 0 aliphatic rings. The molecule has 0 fully saturated rings. The van der Waals surface area contributed by atoms with Crippen LogP contribution >= 0.6 is 0 Å². The number of rotatable bonds is 0. The Morgan fingerprint density at radius 2 is 0.364 bits per heavy atom. The van der Waals surface area contributed by atoms with Crippen LogP contribution in [0.1, 0.15) is 0 Å². The van der Waals surface area contributed by atoms with Gasteiger partial charge in [-0.2, -0.15) is 0 Å². The minimum atomic E-state index is 0. The van der Waals surface area contributed by atoms with Crippen LogP contribution in [-0.4, -0.2) is 0 Å². The molecule has 11 heavy (non-hydrogen) atoms. The summed E-state index contributed by atoms with van der Waals surface area (Å²) < 4.78 is 0. The van der Waals surface area contributed by atoms with E-state index in [1.807, 2.05) is 0 Å². The molecule has 0 aromatic rings. The summed E-state index contributed by atoms with van der Waals surface area (Å²) in [5.74, 6) is 0. The first-order chi connectivity index (χ1) is 0. The summed E-state index contributed by atoms with van der Waals surface area (Å²) in [6.45, 7) is 0. The van der Waals surface area contributed by atoms with Gasteiger partial charge in [0.25, 0.3) is 0 Å². The van der Waals surface area contributed by atoms with Gasteiger partial charge in [-0.05, 0) is 0 Å². The Kier molecular flexibility index (Phi) is 2780. The average molecular weight is 361 g/mol. The van der Waals surface area contributed by atoms with Gasteiger partial charge in [0.05, 0.1) is 0 Å². The standard InChI is InChI=1S/2Co.2Na.2Ni.5O/q2*+2;2*+1;2*+2;5*-2. The van der Waals surface area contributed by atoms with Crippen LogP contribution < -0.4 is 59.1 Å². The zero-order valence-electron chi connectivity index (χ0n) is 5.34. The second-order valence-electron chi connectivity index (χ2n) is 0. The second-order valence-corrected chi connectivity index (χ2v) is 0. The largest absolute Gasteiger partial charge is 2.00 e. The fourth-order valence-electron chi connectivity index (χ4n) is 0. The van der Waals surface area contributed by atoms with Crippen LogP contribution in [0.3, 0.4) is 0 Å². The van der Waals surface area contributed by atoms with E-state index in [4.69, 9.17) is 0 Å². The van der Waals surface area contributed by atoms with Crippen LogP contribution in [0.2, 0.25) is 0 Å². The third-order valence-electron chi connectivity index (χ3n) is 0. The maximum absolute atomic E-state index is 0. The SMILES string of the molecule is [Co+2].[Co+2].[Na+].[Na+].[Ni+2].[Ni+2].[O-2].[O-2].[O-2].[O-2].[O-2]. The minimum absolute atomic E-state index is 0. The van der Waals surface area contributed by atoms with E-state index < -0.39 is 0 Å². The molecule has 5 nitrogen and oxygen atoms in total. The van der Waals surface area contributed by atoms with Crippen molar-refractivity contribution in [3.05, 3.63) is 0 Å². The van der Waals surface area contributed by atoms with Gasteiger partial charge in [-0.25, -0.2) is 0 Å². The van der Waals surface area contributed by atoms with Crippen molar-refractivity contribution in [2.45, 2.75) is 0 Å². The van der Waals surface area contributed by atoms with E-state index in [1.54, 1.807) is 0 Å². The number of hydrogen-bond acceptors (Lipinski definition) is 0. The monoisotopic (exact) mass is 360 g/mol. The van der Waals surface area contributed by atoms with Crippen LogP contribution in [0.15, 0.2) is 0 Å². The van der Waals surface area contributed by atoms with E-state index in [1.165, 1.54) is 0 Å². The van der Waals surface area contributed by atoms with Gasteiger partial charge in [0.2, 0.25) is 0 Å². The van der Waals surface area contributed by atoms with Gasteiger partial charge in [-0.1, -0.05) is 0 Å². The molecule has 0 unspecified atom stereocenters. The summed E-state index contributed by atoms with van der Waals surface area (Å²) in [7, 11) is 0. The molecule has 0 bridgehead atoms.